The van der Waals surface area contributed by atoms with Crippen LogP contribution in [0.25, 0.3) is 0 Å². The average Bonchev–Trinajstić information content (AvgIpc) is 3.11. The standard InChI is InChI=1S/C17H25N7O2/c1-2-7-24-13-16(21-22-24)20-17(25)19-12-15(14-5-3-4-6-18-14)23-8-10-26-11-9-23/h3-6,13,15H,2,7-12H2,1H3,(H2,19,20,25)/t15-/m1/s1. The number of rotatable bonds is 7. The Bertz CT molecular complexity index is 685. The van der Waals surface area contributed by atoms with Gasteiger partial charge in [0.2, 0.25) is 0 Å². The lowest BCUT2D eigenvalue weighted by Gasteiger charge is -2.34. The number of amides is 2. The van der Waals surface area contributed by atoms with Gasteiger partial charge >= 0.3 is 6.03 Å². The first-order chi connectivity index (χ1) is 12.8. The maximum absolute atomic E-state index is 12.2. The fourth-order valence-electron chi connectivity index (χ4n) is 2.93. The first-order valence-electron chi connectivity index (χ1n) is 8.94. The van der Waals surface area contributed by atoms with Gasteiger partial charge in [0, 0.05) is 32.4 Å². The molecule has 2 aromatic rings. The minimum atomic E-state index is -0.303. The Morgan fingerprint density at radius 3 is 2.92 bits per heavy atom. The largest absolute Gasteiger partial charge is 0.379 e. The first kappa shape index (κ1) is 18.3. The Balaban J connectivity index is 1.58. The molecule has 1 atom stereocenters. The highest BCUT2D eigenvalue weighted by Crippen LogP contribution is 2.19. The molecular formula is C17H25N7O2. The Labute approximate surface area is 152 Å². The van der Waals surface area contributed by atoms with Crippen molar-refractivity contribution >= 4 is 11.8 Å². The van der Waals surface area contributed by atoms with E-state index in [1.165, 1.54) is 0 Å². The highest BCUT2D eigenvalue weighted by atomic mass is 16.5. The summed E-state index contributed by atoms with van der Waals surface area (Å²) in [5.41, 5.74) is 0.934. The van der Waals surface area contributed by atoms with E-state index in [0.717, 1.165) is 31.7 Å². The summed E-state index contributed by atoms with van der Waals surface area (Å²) in [6.07, 6.45) is 4.45. The van der Waals surface area contributed by atoms with Gasteiger partial charge in [0.25, 0.3) is 0 Å². The van der Waals surface area contributed by atoms with Gasteiger partial charge in [-0.2, -0.15) is 0 Å². The Hall–Kier alpha value is -2.52. The van der Waals surface area contributed by atoms with E-state index in [9.17, 15) is 4.79 Å². The highest BCUT2D eigenvalue weighted by molar-refractivity contribution is 5.87. The van der Waals surface area contributed by atoms with Crippen LogP contribution in [-0.2, 0) is 11.3 Å². The van der Waals surface area contributed by atoms with Gasteiger partial charge in [-0.25, -0.2) is 4.79 Å². The predicted octanol–water partition coefficient (Wildman–Crippen LogP) is 1.28. The van der Waals surface area contributed by atoms with Crippen molar-refractivity contribution in [3.05, 3.63) is 36.3 Å². The molecule has 0 spiro atoms. The molecule has 2 aromatic heterocycles. The van der Waals surface area contributed by atoms with Crippen molar-refractivity contribution in [2.75, 3.05) is 38.2 Å². The number of morpholine rings is 1. The smallest absolute Gasteiger partial charge is 0.320 e. The van der Waals surface area contributed by atoms with E-state index in [1.807, 2.05) is 18.2 Å². The van der Waals surface area contributed by atoms with Crippen molar-refractivity contribution in [2.45, 2.75) is 25.9 Å². The SMILES string of the molecule is CCCn1cc(NC(=O)NC[C@H](c2ccccn2)N2CCOCC2)nn1. The van der Waals surface area contributed by atoms with E-state index < -0.39 is 0 Å². The molecule has 26 heavy (non-hydrogen) atoms. The summed E-state index contributed by atoms with van der Waals surface area (Å²) in [7, 11) is 0. The van der Waals surface area contributed by atoms with E-state index in [1.54, 1.807) is 17.1 Å². The number of pyridine rings is 1. The zero-order chi connectivity index (χ0) is 18.2. The van der Waals surface area contributed by atoms with Crippen molar-refractivity contribution < 1.29 is 9.53 Å². The van der Waals surface area contributed by atoms with Crippen LogP contribution in [0.15, 0.2) is 30.6 Å². The van der Waals surface area contributed by atoms with E-state index in [2.05, 4.69) is 37.8 Å². The number of hydrogen-bond acceptors (Lipinski definition) is 6. The zero-order valence-electron chi connectivity index (χ0n) is 15.0. The fourth-order valence-corrected chi connectivity index (χ4v) is 2.93. The van der Waals surface area contributed by atoms with Gasteiger partial charge in [0.15, 0.2) is 5.82 Å². The van der Waals surface area contributed by atoms with E-state index in [4.69, 9.17) is 4.74 Å². The molecule has 2 amide bonds. The van der Waals surface area contributed by atoms with Crippen LogP contribution in [0.2, 0.25) is 0 Å². The van der Waals surface area contributed by atoms with Crippen molar-refractivity contribution in [1.82, 2.24) is 30.2 Å². The molecule has 3 rings (SSSR count). The number of aryl methyl sites for hydroxylation is 1. The molecule has 1 aliphatic heterocycles. The number of carbonyl (C=O) groups is 1. The van der Waals surface area contributed by atoms with E-state index >= 15 is 0 Å². The maximum Gasteiger partial charge on any atom is 0.320 e. The molecule has 0 radical (unpaired) electrons. The number of aromatic nitrogens is 4. The third-order valence-electron chi connectivity index (χ3n) is 4.20. The summed E-state index contributed by atoms with van der Waals surface area (Å²) in [6, 6.07) is 5.53. The van der Waals surface area contributed by atoms with Crippen LogP contribution in [0.5, 0.6) is 0 Å². The Kier molecular flexibility index (Phi) is 6.50. The summed E-state index contributed by atoms with van der Waals surface area (Å²) in [5, 5.41) is 13.6. The summed E-state index contributed by atoms with van der Waals surface area (Å²) in [6.45, 7) is 6.30. The van der Waals surface area contributed by atoms with Crippen molar-refractivity contribution in [1.29, 1.82) is 0 Å². The van der Waals surface area contributed by atoms with Crippen LogP contribution in [-0.4, -0.2) is 63.8 Å². The van der Waals surface area contributed by atoms with Crippen LogP contribution >= 0.6 is 0 Å². The monoisotopic (exact) mass is 359 g/mol. The molecule has 9 nitrogen and oxygen atoms in total. The first-order valence-corrected chi connectivity index (χ1v) is 8.94. The van der Waals surface area contributed by atoms with Gasteiger partial charge in [0.1, 0.15) is 0 Å². The normalized spacial score (nSPS) is 16.2. The van der Waals surface area contributed by atoms with Gasteiger partial charge in [-0.05, 0) is 18.6 Å². The second-order valence-electron chi connectivity index (χ2n) is 6.12. The summed E-state index contributed by atoms with van der Waals surface area (Å²) in [4.78, 5) is 19.0. The van der Waals surface area contributed by atoms with Crippen LogP contribution in [0.3, 0.4) is 0 Å². The fraction of sp³-hybridized carbons (Fsp3) is 0.529. The maximum atomic E-state index is 12.2. The van der Waals surface area contributed by atoms with Crippen LogP contribution in [0.1, 0.15) is 25.1 Å². The minimum Gasteiger partial charge on any atom is -0.379 e. The Morgan fingerprint density at radius 1 is 1.35 bits per heavy atom. The number of nitrogens with one attached hydrogen (secondary N) is 2. The zero-order valence-corrected chi connectivity index (χ0v) is 15.0. The van der Waals surface area contributed by atoms with E-state index in [-0.39, 0.29) is 12.1 Å². The predicted molar refractivity (Wildman–Crippen MR) is 96.7 cm³/mol. The number of urea groups is 1. The number of hydrogen-bond donors (Lipinski definition) is 2. The molecule has 0 unspecified atom stereocenters. The molecule has 1 fully saturated rings. The molecular weight excluding hydrogens is 334 g/mol. The van der Waals surface area contributed by atoms with Gasteiger partial charge in [-0.15, -0.1) is 5.10 Å². The summed E-state index contributed by atoms with van der Waals surface area (Å²) < 4.78 is 7.14. The van der Waals surface area contributed by atoms with Gasteiger partial charge in [0.05, 0.1) is 31.1 Å². The Morgan fingerprint density at radius 2 is 2.19 bits per heavy atom. The molecule has 0 aromatic carbocycles. The molecule has 1 aliphatic rings. The van der Waals surface area contributed by atoms with Gasteiger partial charge < -0.3 is 10.1 Å². The molecule has 0 bridgehead atoms. The molecule has 9 heteroatoms. The second kappa shape index (κ2) is 9.25. The number of anilines is 1. The second-order valence-corrected chi connectivity index (χ2v) is 6.12. The summed E-state index contributed by atoms with van der Waals surface area (Å²) in [5.74, 6) is 0.441. The molecule has 0 aliphatic carbocycles. The van der Waals surface area contributed by atoms with E-state index in [0.29, 0.717) is 25.6 Å². The third kappa shape index (κ3) is 4.99. The van der Waals surface area contributed by atoms with Gasteiger partial charge in [-0.3, -0.25) is 19.9 Å². The minimum absolute atomic E-state index is 0.00150. The third-order valence-corrected chi connectivity index (χ3v) is 4.20. The lowest BCUT2D eigenvalue weighted by atomic mass is 10.1. The van der Waals surface area contributed by atoms with Crippen molar-refractivity contribution in [3.8, 4) is 0 Å². The molecule has 140 valence electrons. The van der Waals surface area contributed by atoms with Crippen LogP contribution in [0, 0.1) is 0 Å². The number of nitrogens with zero attached hydrogens (tertiary/aromatic N) is 5. The quantitative estimate of drug-likeness (QED) is 0.773. The molecule has 0 saturated carbocycles. The average molecular weight is 359 g/mol. The van der Waals surface area contributed by atoms with Crippen molar-refractivity contribution in [2.24, 2.45) is 0 Å². The van der Waals surface area contributed by atoms with Crippen molar-refractivity contribution in [3.63, 3.8) is 0 Å². The molecule has 1 saturated heterocycles. The van der Waals surface area contributed by atoms with Crippen LogP contribution in [0.4, 0.5) is 10.6 Å². The number of carbonyl (C=O) groups excluding carboxylic acids is 1. The van der Waals surface area contributed by atoms with Crippen LogP contribution < -0.4 is 10.6 Å². The topological polar surface area (TPSA) is 97.2 Å². The van der Waals surface area contributed by atoms with Gasteiger partial charge in [-0.1, -0.05) is 18.2 Å². The lowest BCUT2D eigenvalue weighted by molar-refractivity contribution is 0.0159. The summed E-state index contributed by atoms with van der Waals surface area (Å²) >= 11 is 0. The highest BCUT2D eigenvalue weighted by Gasteiger charge is 2.24. The number of ether oxygens (including phenoxy) is 1. The molecule has 3 heterocycles. The lowest BCUT2D eigenvalue weighted by Crippen LogP contribution is -2.44. The molecule has 2 N–H and O–H groups in total.